The zero-order valence-corrected chi connectivity index (χ0v) is 8.10. The molecule has 0 aromatic rings. The first-order valence-electron chi connectivity index (χ1n) is 4.26. The summed E-state index contributed by atoms with van der Waals surface area (Å²) in [6, 6.07) is 0. The van der Waals surface area contributed by atoms with Crippen LogP contribution in [0.2, 0.25) is 0 Å². The van der Waals surface area contributed by atoms with E-state index >= 15 is 0 Å². The molecule has 0 radical (unpaired) electrons. The minimum absolute atomic E-state index is 0.000185. The highest BCUT2D eigenvalue weighted by Crippen LogP contribution is 2.03. The molecule has 0 rings (SSSR count). The number of hydrogen-bond donors (Lipinski definition) is 2. The lowest BCUT2D eigenvalue weighted by Crippen LogP contribution is -2.51. The first-order chi connectivity index (χ1) is 6.39. The van der Waals surface area contributed by atoms with Gasteiger partial charge in [-0.25, -0.2) is 4.79 Å². The topological polar surface area (TPSA) is 97.7 Å². The Morgan fingerprint density at radius 1 is 1.36 bits per heavy atom. The number of hydrogen-bond acceptors (Lipinski definition) is 4. The molecule has 2 N–H and O–H groups in total. The van der Waals surface area contributed by atoms with Crippen molar-refractivity contribution in [1.82, 2.24) is 0 Å². The third-order valence-electron chi connectivity index (χ3n) is 2.01. The highest BCUT2D eigenvalue weighted by Gasteiger charge is 2.24. The molecule has 0 aliphatic heterocycles. The van der Waals surface area contributed by atoms with Gasteiger partial charge in [0.25, 0.3) is 0 Å². The van der Waals surface area contributed by atoms with Gasteiger partial charge in [0, 0.05) is 12.4 Å². The lowest BCUT2D eigenvalue weighted by Gasteiger charge is -2.32. The number of aliphatic carboxylic acids is 2. The van der Waals surface area contributed by atoms with Crippen molar-refractivity contribution in [2.75, 3.05) is 33.3 Å². The Labute approximate surface area is 82.0 Å². The van der Waals surface area contributed by atoms with Gasteiger partial charge in [0.2, 0.25) is 0 Å². The second kappa shape index (κ2) is 5.56. The number of carboxylic acid groups (broad SMARTS) is 2. The van der Waals surface area contributed by atoms with Gasteiger partial charge in [-0.15, -0.1) is 0 Å². The summed E-state index contributed by atoms with van der Waals surface area (Å²) in [6.07, 6.45) is -0.205. The molecule has 0 fully saturated rings. The van der Waals surface area contributed by atoms with Crippen LogP contribution in [0.1, 0.15) is 6.42 Å². The Balaban J connectivity index is 4.22. The minimum atomic E-state index is -1.21. The van der Waals surface area contributed by atoms with Gasteiger partial charge in [0.1, 0.15) is 6.54 Å². The van der Waals surface area contributed by atoms with Crippen molar-refractivity contribution in [3.8, 4) is 0 Å². The molecule has 6 nitrogen and oxygen atoms in total. The molecule has 0 saturated heterocycles. The predicted molar refractivity (Wildman–Crippen MR) is 45.1 cm³/mol. The summed E-state index contributed by atoms with van der Waals surface area (Å²) < 4.78 is -0.000185. The quantitative estimate of drug-likeness (QED) is 0.453. The van der Waals surface area contributed by atoms with Crippen molar-refractivity contribution in [1.29, 1.82) is 0 Å². The summed E-state index contributed by atoms with van der Waals surface area (Å²) in [4.78, 5) is 20.7. The molecule has 6 heteroatoms. The molecule has 0 heterocycles. The number of aliphatic hydroxyl groups excluding tert-OH is 1. The first kappa shape index (κ1) is 12.9. The van der Waals surface area contributed by atoms with Crippen LogP contribution in [-0.4, -0.2) is 59.9 Å². The molecule has 0 aliphatic carbocycles. The lowest BCUT2D eigenvalue weighted by molar-refractivity contribution is -0.902. The summed E-state index contributed by atoms with van der Waals surface area (Å²) in [6.45, 7) is -0.000555. The SMILES string of the molecule is C[N+](CCO)(CCC(=O)[O-])CC(=O)O. The molecule has 82 valence electrons. The zero-order valence-electron chi connectivity index (χ0n) is 8.10. The van der Waals surface area contributed by atoms with Gasteiger partial charge in [-0.3, -0.25) is 0 Å². The van der Waals surface area contributed by atoms with Gasteiger partial charge in [0.15, 0.2) is 6.54 Å². The van der Waals surface area contributed by atoms with Crippen LogP contribution in [0.3, 0.4) is 0 Å². The number of quaternary nitrogens is 1. The number of nitrogens with zero attached hydrogens (tertiary/aromatic N) is 1. The zero-order chi connectivity index (χ0) is 11.2. The van der Waals surface area contributed by atoms with Gasteiger partial charge < -0.3 is 24.6 Å². The van der Waals surface area contributed by atoms with Crippen molar-refractivity contribution >= 4 is 11.9 Å². The molecular weight excluding hydrogens is 190 g/mol. The Morgan fingerprint density at radius 2 is 1.93 bits per heavy atom. The number of carboxylic acids is 2. The Morgan fingerprint density at radius 3 is 2.29 bits per heavy atom. The summed E-state index contributed by atoms with van der Waals surface area (Å²) in [7, 11) is 1.59. The first-order valence-corrected chi connectivity index (χ1v) is 4.26. The van der Waals surface area contributed by atoms with Crippen LogP contribution in [0.4, 0.5) is 0 Å². The third-order valence-corrected chi connectivity index (χ3v) is 2.01. The van der Waals surface area contributed by atoms with Crippen molar-refractivity contribution < 1.29 is 29.4 Å². The van der Waals surface area contributed by atoms with E-state index < -0.39 is 11.9 Å². The number of likely N-dealkylation sites (N-methyl/N-ethyl adjacent to an activating group) is 1. The summed E-state index contributed by atoms with van der Waals surface area (Å²) in [5, 5.41) is 27.5. The molecule has 14 heavy (non-hydrogen) atoms. The number of carbonyl (C=O) groups excluding carboxylic acids is 1. The molecule has 1 unspecified atom stereocenters. The monoisotopic (exact) mass is 205 g/mol. The molecule has 0 spiro atoms. The molecule has 1 atom stereocenters. The largest absolute Gasteiger partial charge is 0.550 e. The molecule has 0 aliphatic rings. The molecule has 0 bridgehead atoms. The Kier molecular flexibility index (Phi) is 5.11. The van der Waals surface area contributed by atoms with Crippen LogP contribution in [0.15, 0.2) is 0 Å². The van der Waals surface area contributed by atoms with E-state index in [1.165, 1.54) is 0 Å². The molecule has 0 saturated carbocycles. The highest BCUT2D eigenvalue weighted by molar-refractivity contribution is 5.68. The Bertz CT molecular complexity index is 218. The smallest absolute Gasteiger partial charge is 0.359 e. The third kappa shape index (κ3) is 5.50. The van der Waals surface area contributed by atoms with E-state index in [9.17, 15) is 14.7 Å². The average molecular weight is 205 g/mol. The number of aliphatic hydroxyl groups is 1. The number of carbonyl (C=O) groups is 2. The van der Waals surface area contributed by atoms with E-state index in [1.54, 1.807) is 7.05 Å². The Hall–Kier alpha value is -1.14. The van der Waals surface area contributed by atoms with Crippen molar-refractivity contribution in [2.45, 2.75) is 6.42 Å². The molecular formula is C8H15NO5. The molecule has 0 aromatic carbocycles. The fourth-order valence-corrected chi connectivity index (χ4v) is 1.20. The highest BCUT2D eigenvalue weighted by atomic mass is 16.4. The van der Waals surface area contributed by atoms with E-state index in [-0.39, 0.29) is 37.1 Å². The van der Waals surface area contributed by atoms with E-state index in [4.69, 9.17) is 10.2 Å². The fourth-order valence-electron chi connectivity index (χ4n) is 1.20. The van der Waals surface area contributed by atoms with Gasteiger partial charge >= 0.3 is 5.97 Å². The standard InChI is InChI=1S/C8H15NO5/c1-9(4-5-10,6-8(13)14)3-2-7(11)12/h10H,2-6H2,1H3,(H-,11,12,13,14). The van der Waals surface area contributed by atoms with Crippen molar-refractivity contribution in [3.05, 3.63) is 0 Å². The molecule has 0 aromatic heterocycles. The van der Waals surface area contributed by atoms with Crippen LogP contribution in [0.5, 0.6) is 0 Å². The van der Waals surface area contributed by atoms with Gasteiger partial charge in [-0.1, -0.05) is 0 Å². The van der Waals surface area contributed by atoms with Gasteiger partial charge in [-0.2, -0.15) is 0 Å². The van der Waals surface area contributed by atoms with Crippen LogP contribution in [0.25, 0.3) is 0 Å². The molecule has 0 amide bonds. The van der Waals surface area contributed by atoms with Crippen molar-refractivity contribution in [3.63, 3.8) is 0 Å². The normalized spacial score (nSPS) is 14.7. The lowest BCUT2D eigenvalue weighted by atomic mass is 10.3. The van der Waals surface area contributed by atoms with E-state index in [0.717, 1.165) is 0 Å². The van der Waals surface area contributed by atoms with Gasteiger partial charge in [0.05, 0.1) is 20.2 Å². The minimum Gasteiger partial charge on any atom is -0.550 e. The van der Waals surface area contributed by atoms with Crippen LogP contribution in [-0.2, 0) is 9.59 Å². The van der Waals surface area contributed by atoms with Crippen LogP contribution < -0.4 is 5.11 Å². The number of rotatable bonds is 7. The summed E-state index contributed by atoms with van der Waals surface area (Å²) in [5.41, 5.74) is 0. The van der Waals surface area contributed by atoms with Crippen LogP contribution >= 0.6 is 0 Å². The maximum atomic E-state index is 10.5. The van der Waals surface area contributed by atoms with E-state index in [2.05, 4.69) is 0 Å². The maximum absolute atomic E-state index is 10.5. The van der Waals surface area contributed by atoms with Gasteiger partial charge in [-0.05, 0) is 0 Å². The van der Waals surface area contributed by atoms with E-state index in [1.807, 2.05) is 0 Å². The maximum Gasteiger partial charge on any atom is 0.359 e. The second-order valence-corrected chi connectivity index (χ2v) is 3.46. The summed E-state index contributed by atoms with van der Waals surface area (Å²) in [5.74, 6) is -2.23. The summed E-state index contributed by atoms with van der Waals surface area (Å²) >= 11 is 0. The average Bonchev–Trinajstić information content (AvgIpc) is 2.00. The van der Waals surface area contributed by atoms with E-state index in [0.29, 0.717) is 0 Å². The van der Waals surface area contributed by atoms with Crippen molar-refractivity contribution in [2.24, 2.45) is 0 Å². The van der Waals surface area contributed by atoms with Crippen LogP contribution in [0, 0.1) is 0 Å². The predicted octanol–water partition coefficient (Wildman–Crippen LogP) is -2.35. The fraction of sp³-hybridized carbons (Fsp3) is 0.750. The second-order valence-electron chi connectivity index (χ2n) is 3.46.